The van der Waals surface area contributed by atoms with Crippen molar-refractivity contribution in [2.24, 2.45) is 5.11 Å². The predicted octanol–water partition coefficient (Wildman–Crippen LogP) is 2.71. The van der Waals surface area contributed by atoms with E-state index in [2.05, 4.69) is 14.8 Å². The molecule has 0 saturated carbocycles. The second kappa shape index (κ2) is 12.9. The van der Waals surface area contributed by atoms with Gasteiger partial charge in [0, 0.05) is 24.5 Å². The first-order valence-electron chi connectivity index (χ1n) is 9.22. The van der Waals surface area contributed by atoms with Crippen LogP contribution in [0.5, 0.6) is 0 Å². The normalized spacial score (nSPS) is 28.4. The number of esters is 1. The van der Waals surface area contributed by atoms with Gasteiger partial charge >= 0.3 is 5.97 Å². The molecule has 1 N–H and O–H groups in total. The summed E-state index contributed by atoms with van der Waals surface area (Å²) in [6, 6.07) is -0.605. The maximum atomic E-state index is 11.0. The first-order valence-corrected chi connectivity index (χ1v) is 9.22. The van der Waals surface area contributed by atoms with Gasteiger partial charge in [0.15, 0.2) is 6.29 Å². The summed E-state index contributed by atoms with van der Waals surface area (Å²) < 4.78 is 21.7. The van der Waals surface area contributed by atoms with Crippen LogP contribution in [-0.2, 0) is 23.7 Å². The van der Waals surface area contributed by atoms with Crippen LogP contribution in [0.1, 0.15) is 52.4 Å². The minimum atomic E-state index is -1.03. The number of hydrogen-bond donors (Lipinski definition) is 1. The van der Waals surface area contributed by atoms with Crippen LogP contribution in [-0.4, -0.2) is 62.0 Å². The highest BCUT2D eigenvalue weighted by Gasteiger charge is 2.44. The van der Waals surface area contributed by atoms with Gasteiger partial charge in [-0.2, -0.15) is 0 Å². The van der Waals surface area contributed by atoms with Crippen LogP contribution in [0.25, 0.3) is 10.4 Å². The number of aliphatic hydroxyl groups is 1. The molecule has 9 nitrogen and oxygen atoms in total. The Morgan fingerprint density at radius 2 is 1.96 bits per heavy atom. The molecule has 0 bridgehead atoms. The number of methoxy groups -OCH3 is 1. The number of unbranched alkanes of at least 4 members (excludes halogenated alkanes) is 3. The minimum absolute atomic E-state index is 0.220. The summed E-state index contributed by atoms with van der Waals surface area (Å²) in [6.45, 7) is 4.68. The molecule has 1 aliphatic heterocycles. The molecule has 26 heavy (non-hydrogen) atoms. The van der Waals surface area contributed by atoms with Gasteiger partial charge in [0.2, 0.25) is 0 Å². The van der Waals surface area contributed by atoms with Crippen LogP contribution in [0.3, 0.4) is 0 Å². The summed E-state index contributed by atoms with van der Waals surface area (Å²) in [5, 5.41) is 14.3. The number of hydrogen-bond acceptors (Lipinski definition) is 7. The lowest BCUT2D eigenvalue weighted by molar-refractivity contribution is -0.275. The van der Waals surface area contributed by atoms with E-state index in [1.165, 1.54) is 7.11 Å². The maximum absolute atomic E-state index is 11.0. The van der Waals surface area contributed by atoms with Crippen molar-refractivity contribution in [3.05, 3.63) is 10.4 Å². The van der Waals surface area contributed by atoms with Gasteiger partial charge in [0.1, 0.15) is 6.10 Å². The summed E-state index contributed by atoms with van der Waals surface area (Å²) in [4.78, 5) is 13.9. The van der Waals surface area contributed by atoms with E-state index in [9.17, 15) is 9.90 Å². The van der Waals surface area contributed by atoms with Crippen molar-refractivity contribution in [3.8, 4) is 0 Å². The van der Waals surface area contributed by atoms with Crippen LogP contribution in [0, 0.1) is 0 Å². The zero-order valence-electron chi connectivity index (χ0n) is 15.9. The van der Waals surface area contributed by atoms with Crippen molar-refractivity contribution in [1.82, 2.24) is 0 Å². The molecule has 0 aromatic heterocycles. The van der Waals surface area contributed by atoms with Crippen molar-refractivity contribution < 1.29 is 28.8 Å². The molecule has 1 heterocycles. The monoisotopic (exact) mass is 373 g/mol. The van der Waals surface area contributed by atoms with Gasteiger partial charge < -0.3 is 24.1 Å². The molecule has 0 amide bonds. The third-order valence-electron chi connectivity index (χ3n) is 4.31. The standard InChI is InChI=1S/C17H31N3O6/c1-4-5-10-24-16-14(19-20-18)12(2)26-17(15(16)22)25-11-8-6-7-9-13(21)23-3/h12,14-17,22H,4-11H2,1-3H3/t12?,14-,15-,16?,17+/m1/s1. The molecule has 0 radical (unpaired) electrons. The van der Waals surface area contributed by atoms with E-state index < -0.39 is 30.6 Å². The lowest BCUT2D eigenvalue weighted by atomic mass is 9.97. The molecular weight excluding hydrogens is 342 g/mol. The van der Waals surface area contributed by atoms with Crippen LogP contribution in [0.15, 0.2) is 5.11 Å². The Hall–Kier alpha value is -1.38. The molecule has 1 saturated heterocycles. The molecule has 0 aliphatic carbocycles. The maximum Gasteiger partial charge on any atom is 0.305 e. The molecule has 150 valence electrons. The highest BCUT2D eigenvalue weighted by molar-refractivity contribution is 5.68. The fourth-order valence-electron chi connectivity index (χ4n) is 2.76. The Morgan fingerprint density at radius 1 is 1.23 bits per heavy atom. The lowest BCUT2D eigenvalue weighted by Gasteiger charge is -2.41. The first kappa shape index (κ1) is 22.7. The average Bonchev–Trinajstić information content (AvgIpc) is 2.63. The van der Waals surface area contributed by atoms with Crippen LogP contribution >= 0.6 is 0 Å². The highest BCUT2D eigenvalue weighted by Crippen LogP contribution is 2.27. The van der Waals surface area contributed by atoms with Crippen LogP contribution in [0.2, 0.25) is 0 Å². The Morgan fingerprint density at radius 3 is 2.62 bits per heavy atom. The van der Waals surface area contributed by atoms with Gasteiger partial charge in [-0.1, -0.05) is 24.9 Å². The van der Waals surface area contributed by atoms with E-state index in [-0.39, 0.29) is 5.97 Å². The summed E-state index contributed by atoms with van der Waals surface area (Å²) >= 11 is 0. The summed E-state index contributed by atoms with van der Waals surface area (Å²) in [5.41, 5.74) is 8.76. The Kier molecular flexibility index (Phi) is 11.2. The van der Waals surface area contributed by atoms with Gasteiger partial charge in [-0.05, 0) is 31.7 Å². The summed E-state index contributed by atoms with van der Waals surface area (Å²) in [7, 11) is 1.37. The number of rotatable bonds is 12. The SMILES string of the molecule is CCCCOC1[C@H](N=[N+]=[N-])C(C)O[C@H](OCCCCCC(=O)OC)[C@@H]1O. The molecule has 5 atom stereocenters. The zero-order valence-corrected chi connectivity index (χ0v) is 15.9. The van der Waals surface area contributed by atoms with E-state index in [1.54, 1.807) is 6.92 Å². The predicted molar refractivity (Wildman–Crippen MR) is 94.4 cm³/mol. The van der Waals surface area contributed by atoms with Gasteiger partial charge in [-0.25, -0.2) is 0 Å². The summed E-state index contributed by atoms with van der Waals surface area (Å²) in [5.74, 6) is -0.220. The van der Waals surface area contributed by atoms with Gasteiger partial charge in [-0.3, -0.25) is 4.79 Å². The number of azide groups is 1. The van der Waals surface area contributed by atoms with E-state index in [0.717, 1.165) is 32.1 Å². The fraction of sp³-hybridized carbons (Fsp3) is 0.941. The smallest absolute Gasteiger partial charge is 0.305 e. The van der Waals surface area contributed by atoms with Crippen LogP contribution < -0.4 is 0 Å². The minimum Gasteiger partial charge on any atom is -0.469 e. The third kappa shape index (κ3) is 7.47. The van der Waals surface area contributed by atoms with Crippen molar-refractivity contribution in [2.75, 3.05) is 20.3 Å². The lowest BCUT2D eigenvalue weighted by Crippen LogP contribution is -2.57. The fourth-order valence-corrected chi connectivity index (χ4v) is 2.76. The van der Waals surface area contributed by atoms with Crippen LogP contribution in [0.4, 0.5) is 0 Å². The van der Waals surface area contributed by atoms with Crippen molar-refractivity contribution in [2.45, 2.75) is 83.0 Å². The number of aliphatic hydroxyl groups excluding tert-OH is 1. The largest absolute Gasteiger partial charge is 0.469 e. The number of carbonyl (C=O) groups excluding carboxylic acids is 1. The molecule has 0 spiro atoms. The second-order valence-corrected chi connectivity index (χ2v) is 6.34. The van der Waals surface area contributed by atoms with Crippen molar-refractivity contribution in [3.63, 3.8) is 0 Å². The number of nitrogens with zero attached hydrogens (tertiary/aromatic N) is 3. The molecule has 9 heteroatoms. The highest BCUT2D eigenvalue weighted by atomic mass is 16.7. The third-order valence-corrected chi connectivity index (χ3v) is 4.31. The van der Waals surface area contributed by atoms with Crippen molar-refractivity contribution in [1.29, 1.82) is 0 Å². The Labute approximate surface area is 154 Å². The Bertz CT molecular complexity index is 458. The van der Waals surface area contributed by atoms with Gasteiger partial charge in [0.05, 0.1) is 25.4 Å². The Balaban J connectivity index is 2.47. The second-order valence-electron chi connectivity index (χ2n) is 6.34. The molecule has 0 aromatic carbocycles. The first-order chi connectivity index (χ1) is 12.5. The van der Waals surface area contributed by atoms with Gasteiger partial charge in [0.25, 0.3) is 0 Å². The molecule has 0 aromatic rings. The average molecular weight is 373 g/mol. The van der Waals surface area contributed by atoms with E-state index in [1.807, 2.05) is 6.92 Å². The van der Waals surface area contributed by atoms with E-state index >= 15 is 0 Å². The molecule has 2 unspecified atom stereocenters. The molecule has 1 fully saturated rings. The topological polar surface area (TPSA) is 123 Å². The van der Waals surface area contributed by atoms with E-state index in [0.29, 0.717) is 19.6 Å². The molecule has 1 rings (SSSR count). The summed E-state index contributed by atoms with van der Waals surface area (Å²) in [6.07, 6.45) is 1.52. The molecular formula is C17H31N3O6. The quantitative estimate of drug-likeness (QED) is 0.184. The zero-order chi connectivity index (χ0) is 19.4. The van der Waals surface area contributed by atoms with Crippen molar-refractivity contribution >= 4 is 5.97 Å². The van der Waals surface area contributed by atoms with Gasteiger partial charge in [-0.15, -0.1) is 0 Å². The molecule has 1 aliphatic rings. The number of ether oxygens (including phenoxy) is 4. The number of carbonyl (C=O) groups is 1. The van der Waals surface area contributed by atoms with E-state index in [4.69, 9.17) is 19.7 Å².